The fourth-order valence-electron chi connectivity index (χ4n) is 2.33. The van der Waals surface area contributed by atoms with Crippen molar-refractivity contribution in [3.8, 4) is 0 Å². The van der Waals surface area contributed by atoms with Crippen molar-refractivity contribution in [1.82, 2.24) is 5.32 Å². The maximum absolute atomic E-state index is 12.6. The first-order chi connectivity index (χ1) is 12.9. The van der Waals surface area contributed by atoms with Gasteiger partial charge in [-0.3, -0.25) is 14.3 Å². The summed E-state index contributed by atoms with van der Waals surface area (Å²) in [5.74, 6) is -0.794. The summed E-state index contributed by atoms with van der Waals surface area (Å²) in [6.45, 7) is 5.58. The lowest BCUT2D eigenvalue weighted by Gasteiger charge is -2.21. The second-order valence-electron chi connectivity index (χ2n) is 7.27. The summed E-state index contributed by atoms with van der Waals surface area (Å²) in [6.07, 6.45) is 1.00. The van der Waals surface area contributed by atoms with Gasteiger partial charge in [0, 0.05) is 11.1 Å². The van der Waals surface area contributed by atoms with Crippen LogP contribution >= 0.6 is 11.6 Å². The molecular weight excluding hydrogens is 402 g/mol. The van der Waals surface area contributed by atoms with Crippen LogP contribution in [0.3, 0.4) is 0 Å². The molecule has 0 aromatic heterocycles. The first-order valence-electron chi connectivity index (χ1n) is 8.36. The molecule has 9 heteroatoms. The van der Waals surface area contributed by atoms with Gasteiger partial charge in [-0.15, -0.1) is 0 Å². The van der Waals surface area contributed by atoms with Crippen molar-refractivity contribution in [2.45, 2.75) is 26.3 Å². The van der Waals surface area contributed by atoms with Gasteiger partial charge in [0.2, 0.25) is 10.0 Å². The van der Waals surface area contributed by atoms with E-state index in [4.69, 9.17) is 11.6 Å². The molecular formula is C19H22ClN3O4S. The number of rotatable bonds is 5. The van der Waals surface area contributed by atoms with Crippen molar-refractivity contribution < 1.29 is 18.0 Å². The Hall–Kier alpha value is -2.58. The second kappa shape index (κ2) is 8.20. The number of halogens is 1. The van der Waals surface area contributed by atoms with Crippen LogP contribution in [-0.4, -0.2) is 32.0 Å². The number of amides is 2. The van der Waals surface area contributed by atoms with Crippen molar-refractivity contribution in [3.63, 3.8) is 0 Å². The first-order valence-corrected chi connectivity index (χ1v) is 10.6. The smallest absolute Gasteiger partial charge is 0.255 e. The first kappa shape index (κ1) is 21.7. The molecule has 0 heterocycles. The lowest BCUT2D eigenvalue weighted by Crippen LogP contribution is -2.40. The Balaban J connectivity index is 2.24. The van der Waals surface area contributed by atoms with Gasteiger partial charge < -0.3 is 10.6 Å². The van der Waals surface area contributed by atoms with E-state index >= 15 is 0 Å². The molecule has 0 radical (unpaired) electrons. The summed E-state index contributed by atoms with van der Waals surface area (Å²) in [7, 11) is -3.49. The molecule has 0 aliphatic heterocycles. The Morgan fingerprint density at radius 3 is 2.18 bits per heavy atom. The van der Waals surface area contributed by atoms with E-state index in [2.05, 4.69) is 15.4 Å². The van der Waals surface area contributed by atoms with E-state index in [1.54, 1.807) is 24.3 Å². The molecule has 7 nitrogen and oxygen atoms in total. The number of carbonyl (C=O) groups is 2. The molecule has 2 amide bonds. The molecule has 2 rings (SSSR count). The zero-order valence-corrected chi connectivity index (χ0v) is 17.5. The van der Waals surface area contributed by atoms with E-state index in [1.165, 1.54) is 18.2 Å². The molecule has 0 fully saturated rings. The predicted molar refractivity (Wildman–Crippen MR) is 112 cm³/mol. The average molecular weight is 424 g/mol. The van der Waals surface area contributed by atoms with Gasteiger partial charge in [-0.1, -0.05) is 23.7 Å². The van der Waals surface area contributed by atoms with E-state index in [-0.39, 0.29) is 22.2 Å². The Kier molecular flexibility index (Phi) is 6.36. The molecule has 28 heavy (non-hydrogen) atoms. The third kappa shape index (κ3) is 6.24. The molecule has 150 valence electrons. The zero-order chi connectivity index (χ0) is 21.1. The summed E-state index contributed by atoms with van der Waals surface area (Å²) in [5, 5.41) is 5.62. The monoisotopic (exact) mass is 423 g/mol. The quantitative estimate of drug-likeness (QED) is 0.684. The van der Waals surface area contributed by atoms with Crippen LogP contribution < -0.4 is 15.4 Å². The molecule has 0 unspecified atom stereocenters. The molecule has 0 aliphatic rings. The number of nitrogens with one attached hydrogen (secondary N) is 3. The lowest BCUT2D eigenvalue weighted by molar-refractivity contribution is 0.0920. The molecule has 0 aliphatic carbocycles. The fourth-order valence-corrected chi connectivity index (χ4v) is 3.19. The highest BCUT2D eigenvalue weighted by molar-refractivity contribution is 7.92. The summed E-state index contributed by atoms with van der Waals surface area (Å²) < 4.78 is 24.9. The zero-order valence-electron chi connectivity index (χ0n) is 16.0. The van der Waals surface area contributed by atoms with Gasteiger partial charge in [-0.05, 0) is 51.1 Å². The second-order valence-corrected chi connectivity index (χ2v) is 9.43. The van der Waals surface area contributed by atoms with Crippen LogP contribution in [0.25, 0.3) is 0 Å². The van der Waals surface area contributed by atoms with Crippen molar-refractivity contribution in [1.29, 1.82) is 0 Å². The summed E-state index contributed by atoms with van der Waals surface area (Å²) >= 11 is 6.07. The Bertz CT molecular complexity index is 1010. The lowest BCUT2D eigenvalue weighted by atomic mass is 10.1. The number of hydrogen-bond donors (Lipinski definition) is 3. The number of hydrogen-bond acceptors (Lipinski definition) is 4. The molecule has 0 saturated heterocycles. The molecule has 2 aromatic carbocycles. The molecule has 3 N–H and O–H groups in total. The summed E-state index contributed by atoms with van der Waals surface area (Å²) in [5.41, 5.74) is 0.640. The van der Waals surface area contributed by atoms with Crippen LogP contribution in [0.1, 0.15) is 41.5 Å². The van der Waals surface area contributed by atoms with Crippen molar-refractivity contribution in [3.05, 3.63) is 58.6 Å². The number of carbonyl (C=O) groups excluding carboxylic acids is 2. The Labute approximate surface area is 169 Å². The SMILES string of the molecule is CC(C)(C)NC(=O)c1ccccc1NC(=O)c1ccc(NS(C)(=O)=O)c(Cl)c1. The maximum atomic E-state index is 12.6. The number of benzene rings is 2. The number of para-hydroxylation sites is 1. The van der Waals surface area contributed by atoms with Crippen LogP contribution in [0.5, 0.6) is 0 Å². The van der Waals surface area contributed by atoms with Gasteiger partial charge in [0.25, 0.3) is 11.8 Å². The number of anilines is 2. The molecule has 0 bridgehead atoms. The van der Waals surface area contributed by atoms with Crippen LogP contribution in [0.15, 0.2) is 42.5 Å². The van der Waals surface area contributed by atoms with E-state index in [0.29, 0.717) is 11.3 Å². The predicted octanol–water partition coefficient (Wildman–Crippen LogP) is 3.49. The van der Waals surface area contributed by atoms with E-state index in [0.717, 1.165) is 6.26 Å². The highest BCUT2D eigenvalue weighted by atomic mass is 35.5. The van der Waals surface area contributed by atoms with E-state index in [1.807, 2.05) is 20.8 Å². The fraction of sp³-hybridized carbons (Fsp3) is 0.263. The van der Waals surface area contributed by atoms with Crippen LogP contribution in [0, 0.1) is 0 Å². The van der Waals surface area contributed by atoms with Crippen LogP contribution in [-0.2, 0) is 10.0 Å². The normalized spacial score (nSPS) is 11.6. The minimum absolute atomic E-state index is 0.0804. The molecule has 0 atom stereocenters. The van der Waals surface area contributed by atoms with E-state index in [9.17, 15) is 18.0 Å². The van der Waals surface area contributed by atoms with Gasteiger partial charge in [0.15, 0.2) is 0 Å². The number of sulfonamides is 1. The van der Waals surface area contributed by atoms with Gasteiger partial charge in [0.05, 0.1) is 28.2 Å². The van der Waals surface area contributed by atoms with Gasteiger partial charge in [-0.2, -0.15) is 0 Å². The highest BCUT2D eigenvalue weighted by Crippen LogP contribution is 2.25. The Morgan fingerprint density at radius 2 is 1.61 bits per heavy atom. The Morgan fingerprint density at radius 1 is 0.964 bits per heavy atom. The van der Waals surface area contributed by atoms with Gasteiger partial charge >= 0.3 is 0 Å². The summed E-state index contributed by atoms with van der Waals surface area (Å²) in [6, 6.07) is 10.8. The standard InChI is InChI=1S/C19H22ClN3O4S/c1-19(2,3)22-18(25)13-7-5-6-8-15(13)21-17(24)12-9-10-16(14(20)11-12)23-28(4,26)27/h5-11,23H,1-4H3,(H,21,24)(H,22,25). The van der Waals surface area contributed by atoms with Crippen LogP contribution in [0.4, 0.5) is 11.4 Å². The largest absolute Gasteiger partial charge is 0.347 e. The van der Waals surface area contributed by atoms with E-state index < -0.39 is 21.5 Å². The summed E-state index contributed by atoms with van der Waals surface area (Å²) in [4.78, 5) is 25.1. The topological polar surface area (TPSA) is 104 Å². The van der Waals surface area contributed by atoms with Gasteiger partial charge in [-0.25, -0.2) is 8.42 Å². The minimum atomic E-state index is -3.49. The maximum Gasteiger partial charge on any atom is 0.255 e. The average Bonchev–Trinajstić information content (AvgIpc) is 2.54. The molecule has 2 aromatic rings. The van der Waals surface area contributed by atoms with Crippen molar-refractivity contribution in [2.75, 3.05) is 16.3 Å². The third-order valence-corrected chi connectivity index (χ3v) is 4.34. The highest BCUT2D eigenvalue weighted by Gasteiger charge is 2.19. The molecule has 0 saturated carbocycles. The molecule has 0 spiro atoms. The van der Waals surface area contributed by atoms with Crippen molar-refractivity contribution >= 4 is 44.8 Å². The minimum Gasteiger partial charge on any atom is -0.347 e. The van der Waals surface area contributed by atoms with Gasteiger partial charge in [0.1, 0.15) is 0 Å². The van der Waals surface area contributed by atoms with Crippen molar-refractivity contribution in [2.24, 2.45) is 0 Å². The van der Waals surface area contributed by atoms with Crippen LogP contribution in [0.2, 0.25) is 5.02 Å². The third-order valence-electron chi connectivity index (χ3n) is 3.44.